The number of anilines is 1. The van der Waals surface area contributed by atoms with Gasteiger partial charge in [-0.05, 0) is 18.2 Å². The summed E-state index contributed by atoms with van der Waals surface area (Å²) in [6.45, 7) is 0.0817. The molecule has 20 heavy (non-hydrogen) atoms. The summed E-state index contributed by atoms with van der Waals surface area (Å²) in [7, 11) is 1.48. The summed E-state index contributed by atoms with van der Waals surface area (Å²) in [5, 5.41) is 9.61. The second kappa shape index (κ2) is 5.38. The number of likely N-dealkylation sites (tertiary alicyclic amines) is 1. The van der Waals surface area contributed by atoms with Gasteiger partial charge >= 0.3 is 0 Å². The van der Waals surface area contributed by atoms with Crippen molar-refractivity contribution in [1.82, 2.24) is 4.90 Å². The molecule has 0 spiro atoms. The molecule has 2 amide bonds. The molecule has 2 unspecified atom stereocenters. The van der Waals surface area contributed by atoms with Gasteiger partial charge in [-0.25, -0.2) is 0 Å². The maximum absolute atomic E-state index is 12.4. The normalized spacial score (nSPS) is 21.8. The Morgan fingerprint density at radius 3 is 2.70 bits per heavy atom. The van der Waals surface area contributed by atoms with Gasteiger partial charge in [0.1, 0.15) is 11.8 Å². The number of carbonyl (C=O) groups is 2. The summed E-state index contributed by atoms with van der Waals surface area (Å²) < 4.78 is 5.02. The fourth-order valence-electron chi connectivity index (χ4n) is 2.34. The van der Waals surface area contributed by atoms with Gasteiger partial charge in [-0.15, -0.1) is 0 Å². The summed E-state index contributed by atoms with van der Waals surface area (Å²) in [5.41, 5.74) is 11.7. The Labute approximate surface area is 116 Å². The van der Waals surface area contributed by atoms with Crippen LogP contribution in [-0.4, -0.2) is 47.6 Å². The topological polar surface area (TPSA) is 119 Å². The molecule has 1 saturated heterocycles. The predicted molar refractivity (Wildman–Crippen MR) is 72.0 cm³/mol. The van der Waals surface area contributed by atoms with Gasteiger partial charge < -0.3 is 26.2 Å². The molecule has 5 N–H and O–H groups in total. The van der Waals surface area contributed by atoms with E-state index in [0.29, 0.717) is 17.0 Å². The fraction of sp³-hybridized carbons (Fsp3) is 0.385. The van der Waals surface area contributed by atoms with Gasteiger partial charge in [0.2, 0.25) is 5.91 Å². The number of methoxy groups -OCH3 is 1. The highest BCUT2D eigenvalue weighted by Crippen LogP contribution is 2.25. The zero-order valence-corrected chi connectivity index (χ0v) is 11.1. The van der Waals surface area contributed by atoms with Gasteiger partial charge in [-0.1, -0.05) is 0 Å². The van der Waals surface area contributed by atoms with Crippen molar-refractivity contribution in [1.29, 1.82) is 0 Å². The number of β-amino-alcohol motifs (C(OH)–C–C–N with tert-alkyl or cyclic N) is 1. The Kier molecular flexibility index (Phi) is 3.80. The third-order valence-electron chi connectivity index (χ3n) is 3.34. The summed E-state index contributed by atoms with van der Waals surface area (Å²) in [5.74, 6) is -0.550. The lowest BCUT2D eigenvalue weighted by atomic mass is 10.1. The van der Waals surface area contributed by atoms with Crippen LogP contribution in [0.1, 0.15) is 16.8 Å². The van der Waals surface area contributed by atoms with E-state index in [2.05, 4.69) is 0 Å². The van der Waals surface area contributed by atoms with Crippen molar-refractivity contribution in [3.8, 4) is 5.75 Å². The van der Waals surface area contributed by atoms with E-state index in [0.717, 1.165) is 0 Å². The number of nitrogens with zero attached hydrogens (tertiary/aromatic N) is 1. The molecule has 7 heteroatoms. The van der Waals surface area contributed by atoms with Gasteiger partial charge in [-0.2, -0.15) is 0 Å². The van der Waals surface area contributed by atoms with Crippen LogP contribution in [0.5, 0.6) is 5.75 Å². The van der Waals surface area contributed by atoms with E-state index >= 15 is 0 Å². The predicted octanol–water partition coefficient (Wildman–Crippen LogP) is -0.662. The Morgan fingerprint density at radius 2 is 2.15 bits per heavy atom. The molecule has 1 aliphatic heterocycles. The summed E-state index contributed by atoms with van der Waals surface area (Å²) in [4.78, 5) is 25.0. The molecule has 0 aromatic heterocycles. The molecule has 0 saturated carbocycles. The van der Waals surface area contributed by atoms with E-state index in [-0.39, 0.29) is 18.9 Å². The van der Waals surface area contributed by atoms with Gasteiger partial charge in [0, 0.05) is 18.5 Å². The van der Waals surface area contributed by atoms with Gasteiger partial charge in [0.15, 0.2) is 0 Å². The quantitative estimate of drug-likeness (QED) is 0.634. The molecule has 0 bridgehead atoms. The first-order chi connectivity index (χ1) is 9.43. The van der Waals surface area contributed by atoms with Gasteiger partial charge in [0.05, 0.1) is 18.9 Å². The van der Waals surface area contributed by atoms with Crippen molar-refractivity contribution in [2.24, 2.45) is 5.73 Å². The lowest BCUT2D eigenvalue weighted by molar-refractivity contribution is -0.121. The largest absolute Gasteiger partial charge is 0.495 e. The van der Waals surface area contributed by atoms with Crippen molar-refractivity contribution < 1.29 is 19.4 Å². The number of hydrogen-bond donors (Lipinski definition) is 3. The van der Waals surface area contributed by atoms with E-state index in [1.165, 1.54) is 18.1 Å². The number of nitrogens with two attached hydrogens (primary N) is 2. The average molecular weight is 279 g/mol. The van der Waals surface area contributed by atoms with E-state index in [4.69, 9.17) is 16.2 Å². The first-order valence-electron chi connectivity index (χ1n) is 6.16. The molecule has 2 rings (SSSR count). The Bertz CT molecular complexity index is 546. The van der Waals surface area contributed by atoms with Crippen LogP contribution in [-0.2, 0) is 4.79 Å². The maximum atomic E-state index is 12.4. The van der Waals surface area contributed by atoms with E-state index in [1.807, 2.05) is 0 Å². The molecule has 1 fully saturated rings. The number of amides is 2. The molecule has 1 heterocycles. The highest BCUT2D eigenvalue weighted by Gasteiger charge is 2.38. The Balaban J connectivity index is 2.26. The van der Waals surface area contributed by atoms with Crippen molar-refractivity contribution in [3.05, 3.63) is 23.8 Å². The van der Waals surface area contributed by atoms with Crippen LogP contribution in [0.2, 0.25) is 0 Å². The molecule has 1 aromatic rings. The number of primary amides is 1. The molecule has 0 radical (unpaired) electrons. The second-order valence-electron chi connectivity index (χ2n) is 4.72. The fourth-order valence-corrected chi connectivity index (χ4v) is 2.34. The lowest BCUT2D eigenvalue weighted by Gasteiger charge is -2.22. The SMILES string of the molecule is COc1ccc(C(=O)N2CC(O)CC2C(N)=O)cc1N. The zero-order valence-electron chi connectivity index (χ0n) is 11.1. The first kappa shape index (κ1) is 14.1. The summed E-state index contributed by atoms with van der Waals surface area (Å²) in [6, 6.07) is 3.82. The van der Waals surface area contributed by atoms with Crippen molar-refractivity contribution in [3.63, 3.8) is 0 Å². The highest BCUT2D eigenvalue weighted by atomic mass is 16.5. The van der Waals surface area contributed by atoms with Crippen LogP contribution in [0, 0.1) is 0 Å². The zero-order chi connectivity index (χ0) is 14.9. The van der Waals surface area contributed by atoms with Gasteiger partial charge in [0.25, 0.3) is 5.91 Å². The Morgan fingerprint density at radius 1 is 1.45 bits per heavy atom. The molecule has 2 atom stereocenters. The van der Waals surface area contributed by atoms with Crippen LogP contribution in [0.25, 0.3) is 0 Å². The number of rotatable bonds is 3. The molecule has 108 valence electrons. The number of aliphatic hydroxyl groups excluding tert-OH is 1. The number of benzene rings is 1. The summed E-state index contributed by atoms with van der Waals surface area (Å²) >= 11 is 0. The van der Waals surface area contributed by atoms with E-state index in [1.54, 1.807) is 12.1 Å². The number of hydrogen-bond acceptors (Lipinski definition) is 5. The van der Waals surface area contributed by atoms with Crippen LogP contribution in [0.15, 0.2) is 18.2 Å². The minimum absolute atomic E-state index is 0.0817. The van der Waals surface area contributed by atoms with Crippen LogP contribution in [0.3, 0.4) is 0 Å². The van der Waals surface area contributed by atoms with Crippen LogP contribution >= 0.6 is 0 Å². The third kappa shape index (κ3) is 2.53. The molecule has 7 nitrogen and oxygen atoms in total. The number of ether oxygens (including phenoxy) is 1. The molecule has 1 aromatic carbocycles. The van der Waals surface area contributed by atoms with Crippen molar-refractivity contribution in [2.45, 2.75) is 18.6 Å². The molecular formula is C13H17N3O4. The van der Waals surface area contributed by atoms with E-state index < -0.39 is 18.1 Å². The smallest absolute Gasteiger partial charge is 0.254 e. The monoisotopic (exact) mass is 279 g/mol. The minimum Gasteiger partial charge on any atom is -0.495 e. The summed E-state index contributed by atoms with van der Waals surface area (Å²) in [6.07, 6.45) is -0.584. The molecule has 1 aliphatic rings. The lowest BCUT2D eigenvalue weighted by Crippen LogP contribution is -2.43. The average Bonchev–Trinajstić information content (AvgIpc) is 2.80. The number of nitrogen functional groups attached to an aromatic ring is 1. The number of carbonyl (C=O) groups excluding carboxylic acids is 2. The second-order valence-corrected chi connectivity index (χ2v) is 4.72. The van der Waals surface area contributed by atoms with Crippen molar-refractivity contribution in [2.75, 3.05) is 19.4 Å². The maximum Gasteiger partial charge on any atom is 0.254 e. The molecular weight excluding hydrogens is 262 g/mol. The van der Waals surface area contributed by atoms with Crippen molar-refractivity contribution >= 4 is 17.5 Å². The Hall–Kier alpha value is -2.28. The van der Waals surface area contributed by atoms with Crippen LogP contribution in [0.4, 0.5) is 5.69 Å². The molecule has 0 aliphatic carbocycles. The number of aliphatic hydroxyl groups is 1. The standard InChI is InChI=1S/C13H17N3O4/c1-20-11-3-2-7(4-9(11)14)13(19)16-6-8(17)5-10(16)12(15)18/h2-4,8,10,17H,5-6,14H2,1H3,(H2,15,18). The first-order valence-corrected chi connectivity index (χ1v) is 6.16. The van der Waals surface area contributed by atoms with E-state index in [9.17, 15) is 14.7 Å². The van der Waals surface area contributed by atoms with Crippen LogP contribution < -0.4 is 16.2 Å². The third-order valence-corrected chi connectivity index (χ3v) is 3.34. The minimum atomic E-state index is -0.791. The highest BCUT2D eigenvalue weighted by molar-refractivity contribution is 5.98. The van der Waals surface area contributed by atoms with Gasteiger partial charge in [-0.3, -0.25) is 9.59 Å².